The first-order valence-electron chi connectivity index (χ1n) is 6.55. The fourth-order valence-electron chi connectivity index (χ4n) is 2.17. The fraction of sp³-hybridized carbons (Fsp3) is 0.0556. The van der Waals surface area contributed by atoms with Crippen molar-refractivity contribution in [2.24, 2.45) is 0 Å². The molecule has 0 radical (unpaired) electrons. The molecule has 104 valence electrons. The van der Waals surface area contributed by atoms with Gasteiger partial charge in [-0.05, 0) is 35.2 Å². The second-order valence-corrected chi connectivity index (χ2v) is 5.77. The number of thiophene rings is 1. The van der Waals surface area contributed by atoms with Gasteiger partial charge in [-0.2, -0.15) is 0 Å². The third-order valence-electron chi connectivity index (χ3n) is 3.36. The molecule has 0 fully saturated rings. The third-order valence-corrected chi connectivity index (χ3v) is 4.48. The molecule has 1 aromatic heterocycles. The van der Waals surface area contributed by atoms with Gasteiger partial charge in [-0.15, -0.1) is 11.3 Å². The maximum absolute atomic E-state index is 12.5. The molecule has 3 heteroatoms. The van der Waals surface area contributed by atoms with Crippen LogP contribution in [-0.4, -0.2) is 12.9 Å². The van der Waals surface area contributed by atoms with E-state index in [9.17, 15) is 4.79 Å². The van der Waals surface area contributed by atoms with Crippen LogP contribution in [0.2, 0.25) is 0 Å². The van der Waals surface area contributed by atoms with Crippen LogP contribution in [0.3, 0.4) is 0 Å². The van der Waals surface area contributed by atoms with Gasteiger partial charge in [-0.3, -0.25) is 4.79 Å². The van der Waals surface area contributed by atoms with Gasteiger partial charge in [-0.25, -0.2) is 0 Å². The van der Waals surface area contributed by atoms with Gasteiger partial charge in [0, 0.05) is 10.3 Å². The summed E-state index contributed by atoms with van der Waals surface area (Å²) >= 11 is 1.50. The van der Waals surface area contributed by atoms with Crippen LogP contribution in [0.1, 0.15) is 15.2 Å². The minimum Gasteiger partial charge on any atom is -0.497 e. The van der Waals surface area contributed by atoms with E-state index < -0.39 is 0 Å². The normalized spacial score (nSPS) is 10.5. The van der Waals surface area contributed by atoms with Crippen LogP contribution in [0.15, 0.2) is 61.2 Å². The molecule has 0 amide bonds. The Labute approximate surface area is 127 Å². The van der Waals surface area contributed by atoms with E-state index >= 15 is 0 Å². The summed E-state index contributed by atoms with van der Waals surface area (Å²) in [7, 11) is 1.62. The second kappa shape index (κ2) is 5.54. The summed E-state index contributed by atoms with van der Waals surface area (Å²) in [5.74, 6) is 0.738. The number of ether oxygens (including phenoxy) is 1. The molecule has 0 saturated carbocycles. The van der Waals surface area contributed by atoms with Crippen molar-refractivity contribution in [3.63, 3.8) is 0 Å². The molecule has 3 rings (SSSR count). The van der Waals surface area contributed by atoms with E-state index in [1.165, 1.54) is 11.3 Å². The topological polar surface area (TPSA) is 26.3 Å². The molecule has 2 nitrogen and oxygen atoms in total. The van der Waals surface area contributed by atoms with E-state index in [-0.39, 0.29) is 5.78 Å². The number of Topliss-reactive ketones (excluding diaryl/α,β-unsaturated/α-hetero) is 1. The van der Waals surface area contributed by atoms with Crippen LogP contribution in [0.5, 0.6) is 5.75 Å². The molecule has 21 heavy (non-hydrogen) atoms. The van der Waals surface area contributed by atoms with E-state index in [1.54, 1.807) is 7.11 Å². The van der Waals surface area contributed by atoms with Crippen molar-refractivity contribution in [3.05, 3.63) is 71.6 Å². The molecule has 3 aromatic rings. The Hall–Kier alpha value is -2.39. The number of rotatable bonds is 4. The lowest BCUT2D eigenvalue weighted by molar-refractivity contribution is 0.106. The van der Waals surface area contributed by atoms with Crippen LogP contribution in [0.25, 0.3) is 15.7 Å². The van der Waals surface area contributed by atoms with Gasteiger partial charge in [0.1, 0.15) is 5.75 Å². The lowest BCUT2D eigenvalue weighted by Gasteiger charge is -2.05. The standard InChI is InChI=1S/C18H14O2S/c1-12(13-7-9-15(20-2)10-8-13)18(19)17-11-14-5-3-4-6-16(14)21-17/h3-11H,1H2,2H3. The number of ketones is 1. The highest BCUT2D eigenvalue weighted by Gasteiger charge is 2.15. The molecular weight excluding hydrogens is 280 g/mol. The summed E-state index contributed by atoms with van der Waals surface area (Å²) in [6.07, 6.45) is 0. The molecule has 0 atom stereocenters. The van der Waals surface area contributed by atoms with E-state index in [4.69, 9.17) is 4.74 Å². The lowest BCUT2D eigenvalue weighted by atomic mass is 10.0. The highest BCUT2D eigenvalue weighted by atomic mass is 32.1. The molecule has 2 aromatic carbocycles. The SMILES string of the molecule is C=C(C(=O)c1cc2ccccc2s1)c1ccc(OC)cc1. The fourth-order valence-corrected chi connectivity index (χ4v) is 3.20. The van der Waals surface area contributed by atoms with Crippen molar-refractivity contribution in [2.75, 3.05) is 7.11 Å². The van der Waals surface area contributed by atoms with Crippen LogP contribution < -0.4 is 4.74 Å². The third kappa shape index (κ3) is 2.60. The van der Waals surface area contributed by atoms with Crippen LogP contribution in [0.4, 0.5) is 0 Å². The minimum atomic E-state index is -0.0265. The van der Waals surface area contributed by atoms with Crippen molar-refractivity contribution >= 4 is 32.8 Å². The van der Waals surface area contributed by atoms with Gasteiger partial charge in [0.2, 0.25) is 5.78 Å². The van der Waals surface area contributed by atoms with Gasteiger partial charge < -0.3 is 4.74 Å². The number of methoxy groups -OCH3 is 1. The van der Waals surface area contributed by atoms with Crippen LogP contribution >= 0.6 is 11.3 Å². The monoisotopic (exact) mass is 294 g/mol. The predicted molar refractivity (Wildman–Crippen MR) is 88.2 cm³/mol. The average Bonchev–Trinajstić information content (AvgIpc) is 2.97. The Morgan fingerprint density at radius 1 is 1.10 bits per heavy atom. The zero-order valence-corrected chi connectivity index (χ0v) is 12.4. The highest BCUT2D eigenvalue weighted by Crippen LogP contribution is 2.29. The van der Waals surface area contributed by atoms with Gasteiger partial charge in [0.25, 0.3) is 0 Å². The number of hydrogen-bond acceptors (Lipinski definition) is 3. The highest BCUT2D eigenvalue weighted by molar-refractivity contribution is 7.21. The minimum absolute atomic E-state index is 0.0265. The molecule has 0 bridgehead atoms. The van der Waals surface area contributed by atoms with Crippen molar-refractivity contribution in [1.82, 2.24) is 0 Å². The first-order chi connectivity index (χ1) is 10.2. The van der Waals surface area contributed by atoms with Crippen molar-refractivity contribution < 1.29 is 9.53 Å². The van der Waals surface area contributed by atoms with E-state index in [2.05, 4.69) is 6.58 Å². The largest absolute Gasteiger partial charge is 0.497 e. The first kappa shape index (κ1) is 13.6. The Bertz CT molecular complexity index is 780. The predicted octanol–water partition coefficient (Wildman–Crippen LogP) is 4.81. The summed E-state index contributed by atoms with van der Waals surface area (Å²) < 4.78 is 6.24. The van der Waals surface area contributed by atoms with Gasteiger partial charge in [0.15, 0.2) is 0 Å². The molecular formula is C18H14O2S. The second-order valence-electron chi connectivity index (χ2n) is 4.68. The van der Waals surface area contributed by atoms with Crippen molar-refractivity contribution in [3.8, 4) is 5.75 Å². The Kier molecular flexibility index (Phi) is 3.59. The zero-order chi connectivity index (χ0) is 14.8. The number of carbonyl (C=O) groups is 1. The number of hydrogen-bond donors (Lipinski definition) is 0. The number of carbonyl (C=O) groups excluding carboxylic acids is 1. The molecule has 0 saturated heterocycles. The zero-order valence-electron chi connectivity index (χ0n) is 11.6. The molecule has 0 N–H and O–H groups in total. The molecule has 0 aliphatic rings. The Balaban J connectivity index is 1.91. The number of allylic oxidation sites excluding steroid dienone is 1. The molecule has 1 heterocycles. The molecule has 0 spiro atoms. The smallest absolute Gasteiger partial charge is 0.202 e. The molecule has 0 aliphatic carbocycles. The molecule has 0 aliphatic heterocycles. The summed E-state index contributed by atoms with van der Waals surface area (Å²) in [5.41, 5.74) is 1.32. The molecule has 0 unspecified atom stereocenters. The summed E-state index contributed by atoms with van der Waals surface area (Å²) in [4.78, 5) is 13.3. The van der Waals surface area contributed by atoms with Gasteiger partial charge in [0.05, 0.1) is 12.0 Å². The number of benzene rings is 2. The van der Waals surface area contributed by atoms with Crippen molar-refractivity contribution in [1.29, 1.82) is 0 Å². The van der Waals surface area contributed by atoms with Crippen molar-refractivity contribution in [2.45, 2.75) is 0 Å². The van der Waals surface area contributed by atoms with Gasteiger partial charge >= 0.3 is 0 Å². The van der Waals surface area contributed by atoms with Gasteiger partial charge in [-0.1, -0.05) is 36.9 Å². The van der Waals surface area contributed by atoms with Crippen LogP contribution in [0, 0.1) is 0 Å². The quantitative estimate of drug-likeness (QED) is 0.510. The average molecular weight is 294 g/mol. The van der Waals surface area contributed by atoms with Crippen LogP contribution in [-0.2, 0) is 0 Å². The summed E-state index contributed by atoms with van der Waals surface area (Å²) in [5, 5.41) is 1.09. The summed E-state index contributed by atoms with van der Waals surface area (Å²) in [6.45, 7) is 3.94. The van der Waals surface area contributed by atoms with E-state index in [0.29, 0.717) is 5.57 Å². The Morgan fingerprint density at radius 2 is 1.81 bits per heavy atom. The maximum Gasteiger partial charge on any atom is 0.202 e. The lowest BCUT2D eigenvalue weighted by Crippen LogP contribution is -1.99. The maximum atomic E-state index is 12.5. The summed E-state index contributed by atoms with van der Waals surface area (Å²) in [6, 6.07) is 17.3. The Morgan fingerprint density at radius 3 is 2.48 bits per heavy atom. The van der Waals surface area contributed by atoms with E-state index in [1.807, 2.05) is 54.6 Å². The van der Waals surface area contributed by atoms with E-state index in [0.717, 1.165) is 26.3 Å². The first-order valence-corrected chi connectivity index (χ1v) is 7.37. The number of fused-ring (bicyclic) bond motifs is 1.